The van der Waals surface area contributed by atoms with Gasteiger partial charge in [0.15, 0.2) is 11.5 Å². The molecule has 0 spiro atoms. The second-order valence-corrected chi connectivity index (χ2v) is 8.05. The number of anilines is 1. The number of primary amides is 1. The van der Waals surface area contributed by atoms with Crippen molar-refractivity contribution in [2.75, 3.05) is 17.7 Å². The molecule has 3 aromatic rings. The molecule has 10 nitrogen and oxygen atoms in total. The van der Waals surface area contributed by atoms with E-state index in [0.717, 1.165) is 16.7 Å². The highest BCUT2D eigenvalue weighted by Crippen LogP contribution is 2.34. The minimum Gasteiger partial charge on any atom is -0.364 e. The largest absolute Gasteiger partial charge is 0.364 e. The van der Waals surface area contributed by atoms with E-state index in [4.69, 9.17) is 11.6 Å². The molecule has 1 atom stereocenters. The molecule has 0 bridgehead atoms. The van der Waals surface area contributed by atoms with Crippen LogP contribution in [0.1, 0.15) is 51.1 Å². The maximum atomic E-state index is 12.6. The maximum Gasteiger partial charge on any atom is 0.269 e. The van der Waals surface area contributed by atoms with Gasteiger partial charge in [0.1, 0.15) is 11.5 Å². The fraction of sp³-hybridized carbons (Fsp3) is 0.208. The van der Waals surface area contributed by atoms with Gasteiger partial charge >= 0.3 is 0 Å². The Morgan fingerprint density at radius 2 is 1.94 bits per heavy atom. The lowest BCUT2D eigenvalue weighted by Crippen LogP contribution is -2.32. The number of carbonyl (C=O) groups is 3. The Balaban J connectivity index is 1.64. The molecule has 4 rings (SSSR count). The summed E-state index contributed by atoms with van der Waals surface area (Å²) in [5.41, 5.74) is 7.86. The molecule has 1 aliphatic heterocycles. The highest BCUT2D eigenvalue weighted by molar-refractivity contribution is 6.04. The summed E-state index contributed by atoms with van der Waals surface area (Å²) in [6.07, 6.45) is 4.29. The normalized spacial score (nSPS) is 15.2. The van der Waals surface area contributed by atoms with Crippen molar-refractivity contribution in [3.63, 3.8) is 0 Å². The van der Waals surface area contributed by atoms with E-state index in [9.17, 15) is 14.4 Å². The Hall–Kier alpha value is -4.47. The monoisotopic (exact) mass is 459 g/mol. The van der Waals surface area contributed by atoms with Crippen molar-refractivity contribution in [2.24, 2.45) is 5.73 Å². The molecule has 3 heterocycles. The van der Waals surface area contributed by atoms with Crippen molar-refractivity contribution >= 4 is 23.5 Å². The minimum absolute atomic E-state index is 0.0223. The number of hydrogen-bond acceptors (Lipinski definition) is 6. The third-order valence-corrected chi connectivity index (χ3v) is 5.76. The van der Waals surface area contributed by atoms with Crippen LogP contribution in [0, 0.1) is 6.92 Å². The van der Waals surface area contributed by atoms with Crippen molar-refractivity contribution < 1.29 is 14.4 Å². The second kappa shape index (κ2) is 9.18. The van der Waals surface area contributed by atoms with Crippen molar-refractivity contribution in [2.45, 2.75) is 25.8 Å². The molecule has 1 unspecified atom stereocenters. The first kappa shape index (κ1) is 22.7. The number of pyridine rings is 1. The second-order valence-electron chi connectivity index (χ2n) is 8.05. The summed E-state index contributed by atoms with van der Waals surface area (Å²) in [6, 6.07) is 9.77. The van der Waals surface area contributed by atoms with Crippen LogP contribution in [0.25, 0.3) is 11.3 Å². The number of likely N-dealkylation sites (tertiary alicyclic amines) is 1. The lowest BCUT2D eigenvalue weighted by atomic mass is 10.1. The molecule has 1 fully saturated rings. The quantitative estimate of drug-likeness (QED) is 0.380. The number of rotatable bonds is 6. The molecule has 2 aromatic heterocycles. The molecule has 0 saturated carbocycles. The fourth-order valence-corrected chi connectivity index (χ4v) is 4.11. The van der Waals surface area contributed by atoms with Crippen LogP contribution in [-0.2, 0) is 4.79 Å². The molecular formula is C24H25N7O3. The average Bonchev–Trinajstić information content (AvgIpc) is 3.43. The van der Waals surface area contributed by atoms with Crippen molar-refractivity contribution in [1.82, 2.24) is 19.5 Å². The Labute approximate surface area is 196 Å². The zero-order valence-corrected chi connectivity index (χ0v) is 18.7. The third-order valence-electron chi connectivity index (χ3n) is 5.76. The van der Waals surface area contributed by atoms with E-state index in [1.807, 2.05) is 13.0 Å². The van der Waals surface area contributed by atoms with Crippen LogP contribution in [-0.4, -0.2) is 43.8 Å². The SMILES string of the molecule is C=CC(=O)N1CCCC1c1nc(-c2ccc(C(=O)Nc3cc(C)ccn3)cc2)c(C(N)=O)n1N. The minimum atomic E-state index is -0.747. The number of aryl methyl sites for hydroxylation is 1. The van der Waals surface area contributed by atoms with Crippen LogP contribution < -0.4 is 16.9 Å². The molecule has 5 N–H and O–H groups in total. The Bertz CT molecular complexity index is 1280. The number of amides is 3. The van der Waals surface area contributed by atoms with Crippen LogP contribution in [0.15, 0.2) is 55.3 Å². The topological polar surface area (TPSA) is 149 Å². The summed E-state index contributed by atoms with van der Waals surface area (Å²) >= 11 is 0. The number of benzene rings is 1. The summed E-state index contributed by atoms with van der Waals surface area (Å²) in [7, 11) is 0. The number of nitrogens with zero attached hydrogens (tertiary/aromatic N) is 4. The van der Waals surface area contributed by atoms with Gasteiger partial charge in [0.05, 0.1) is 6.04 Å². The molecule has 0 aliphatic carbocycles. The number of nitrogen functional groups attached to an aromatic ring is 1. The molecule has 10 heteroatoms. The fourth-order valence-electron chi connectivity index (χ4n) is 4.11. The molecule has 1 aromatic carbocycles. The Morgan fingerprint density at radius 1 is 1.21 bits per heavy atom. The van der Waals surface area contributed by atoms with Gasteiger partial charge < -0.3 is 21.8 Å². The first-order valence-electron chi connectivity index (χ1n) is 10.7. The molecule has 34 heavy (non-hydrogen) atoms. The summed E-state index contributed by atoms with van der Waals surface area (Å²) in [6.45, 7) is 6.00. The number of carbonyl (C=O) groups excluding carboxylic acids is 3. The zero-order valence-electron chi connectivity index (χ0n) is 18.7. The van der Waals surface area contributed by atoms with Gasteiger partial charge in [0, 0.05) is 23.9 Å². The standard InChI is InChI=1S/C24H25N7O3/c1-3-19(32)30-12-4-5-17(30)23-29-20(21(22(25)33)31(23)26)15-6-8-16(9-7-15)24(34)28-18-13-14(2)10-11-27-18/h3,6-11,13,17H,1,4-5,12,26H2,2H3,(H2,25,33)(H,27,28,34). The number of hydrogen-bond donors (Lipinski definition) is 3. The first-order valence-corrected chi connectivity index (χ1v) is 10.7. The van der Waals surface area contributed by atoms with E-state index in [-0.39, 0.29) is 23.2 Å². The van der Waals surface area contributed by atoms with Crippen molar-refractivity contribution in [3.05, 3.63) is 77.9 Å². The molecular weight excluding hydrogens is 434 g/mol. The van der Waals surface area contributed by atoms with E-state index >= 15 is 0 Å². The van der Waals surface area contributed by atoms with Crippen molar-refractivity contribution in [1.29, 1.82) is 0 Å². The molecule has 1 saturated heterocycles. The van der Waals surface area contributed by atoms with E-state index in [0.29, 0.717) is 35.7 Å². The predicted octanol–water partition coefficient (Wildman–Crippen LogP) is 2.17. The third kappa shape index (κ3) is 4.25. The van der Waals surface area contributed by atoms with E-state index in [2.05, 4.69) is 21.9 Å². The summed E-state index contributed by atoms with van der Waals surface area (Å²) in [4.78, 5) is 47.4. The first-order chi connectivity index (χ1) is 16.3. The van der Waals surface area contributed by atoms with Gasteiger partial charge in [0.25, 0.3) is 11.8 Å². The number of nitrogens with two attached hydrogens (primary N) is 2. The zero-order chi connectivity index (χ0) is 24.4. The van der Waals surface area contributed by atoms with Gasteiger partial charge in [-0.25, -0.2) is 14.6 Å². The molecule has 174 valence electrons. The summed E-state index contributed by atoms with van der Waals surface area (Å²) < 4.78 is 1.15. The highest BCUT2D eigenvalue weighted by atomic mass is 16.2. The van der Waals surface area contributed by atoms with E-state index in [1.165, 1.54) is 6.08 Å². The van der Waals surface area contributed by atoms with Gasteiger partial charge in [-0.2, -0.15) is 0 Å². The maximum absolute atomic E-state index is 12.6. The smallest absolute Gasteiger partial charge is 0.269 e. The van der Waals surface area contributed by atoms with Crippen LogP contribution >= 0.6 is 0 Å². The predicted molar refractivity (Wildman–Crippen MR) is 127 cm³/mol. The lowest BCUT2D eigenvalue weighted by molar-refractivity contribution is -0.127. The van der Waals surface area contributed by atoms with Crippen LogP contribution in [0.4, 0.5) is 5.82 Å². The lowest BCUT2D eigenvalue weighted by Gasteiger charge is -2.22. The number of nitrogens with one attached hydrogen (secondary N) is 1. The van der Waals surface area contributed by atoms with Gasteiger partial charge in [-0.15, -0.1) is 0 Å². The number of imidazole rings is 1. The number of aromatic nitrogens is 3. The Morgan fingerprint density at radius 3 is 2.59 bits per heavy atom. The molecule has 1 aliphatic rings. The van der Waals surface area contributed by atoms with Crippen molar-refractivity contribution in [3.8, 4) is 11.3 Å². The summed E-state index contributed by atoms with van der Waals surface area (Å²) in [5.74, 6) is 5.73. The van der Waals surface area contributed by atoms with Crippen LogP contribution in [0.2, 0.25) is 0 Å². The van der Waals surface area contributed by atoms with Gasteiger partial charge in [0.2, 0.25) is 5.91 Å². The van der Waals surface area contributed by atoms with E-state index in [1.54, 1.807) is 41.4 Å². The van der Waals surface area contributed by atoms with Gasteiger partial charge in [-0.3, -0.25) is 14.4 Å². The molecule has 3 amide bonds. The Kier molecular flexibility index (Phi) is 6.13. The highest BCUT2D eigenvalue weighted by Gasteiger charge is 2.34. The molecule has 0 radical (unpaired) electrons. The van der Waals surface area contributed by atoms with Gasteiger partial charge in [-0.05, 0) is 55.7 Å². The summed E-state index contributed by atoms with van der Waals surface area (Å²) in [5, 5.41) is 2.75. The average molecular weight is 460 g/mol. The van der Waals surface area contributed by atoms with Gasteiger partial charge in [-0.1, -0.05) is 18.7 Å². The van der Waals surface area contributed by atoms with Crippen LogP contribution in [0.3, 0.4) is 0 Å². The van der Waals surface area contributed by atoms with E-state index < -0.39 is 11.9 Å². The van der Waals surface area contributed by atoms with Crippen LogP contribution in [0.5, 0.6) is 0 Å².